The van der Waals surface area contributed by atoms with Gasteiger partial charge in [0, 0.05) is 18.2 Å². The van der Waals surface area contributed by atoms with E-state index in [9.17, 15) is 9.59 Å². The molecule has 5 rings (SSSR count). The molecule has 1 N–H and O–H groups in total. The second-order valence-corrected chi connectivity index (χ2v) is 9.11. The summed E-state index contributed by atoms with van der Waals surface area (Å²) in [6.07, 6.45) is 3.72. The van der Waals surface area contributed by atoms with Crippen molar-refractivity contribution in [1.82, 2.24) is 35.0 Å². The van der Waals surface area contributed by atoms with Crippen molar-refractivity contribution in [3.05, 3.63) is 28.8 Å². The van der Waals surface area contributed by atoms with Crippen LogP contribution in [-0.4, -0.2) is 60.2 Å². The lowest BCUT2D eigenvalue weighted by Gasteiger charge is -2.44. The molecule has 2 amide bonds. The summed E-state index contributed by atoms with van der Waals surface area (Å²) in [6.45, 7) is 6.75. The van der Waals surface area contributed by atoms with Gasteiger partial charge in [-0.15, -0.1) is 5.10 Å². The number of piperidine rings is 1. The predicted octanol–water partition coefficient (Wildman–Crippen LogP) is 0.709. The lowest BCUT2D eigenvalue weighted by atomic mass is 9.91. The fourth-order valence-corrected chi connectivity index (χ4v) is 4.61. The van der Waals surface area contributed by atoms with E-state index in [1.165, 1.54) is 0 Å². The van der Waals surface area contributed by atoms with Gasteiger partial charge in [-0.25, -0.2) is 4.68 Å². The fourth-order valence-electron chi connectivity index (χ4n) is 4.61. The first kappa shape index (κ1) is 20.2. The Labute approximate surface area is 180 Å². The molecule has 31 heavy (non-hydrogen) atoms. The van der Waals surface area contributed by atoms with Crippen LogP contribution in [0.3, 0.4) is 0 Å². The number of fused-ring (bicyclic) bond motifs is 1. The van der Waals surface area contributed by atoms with Crippen molar-refractivity contribution in [3.8, 4) is 0 Å². The molecular weight excluding hydrogens is 398 g/mol. The summed E-state index contributed by atoms with van der Waals surface area (Å²) in [7, 11) is 0. The third-order valence-electron chi connectivity index (χ3n) is 6.53. The van der Waals surface area contributed by atoms with Crippen molar-refractivity contribution in [1.29, 1.82) is 0 Å². The molecule has 2 aromatic heterocycles. The molecule has 10 nitrogen and oxygen atoms in total. The Kier molecular flexibility index (Phi) is 5.04. The van der Waals surface area contributed by atoms with Crippen LogP contribution in [0.4, 0.5) is 0 Å². The molecule has 0 aromatic carbocycles. The van der Waals surface area contributed by atoms with Gasteiger partial charge in [-0.05, 0) is 45.6 Å². The fraction of sp³-hybridized carbons (Fsp3) is 0.667. The average molecular weight is 428 g/mol. The second-order valence-electron chi connectivity index (χ2n) is 9.11. The molecule has 1 aliphatic carbocycles. The summed E-state index contributed by atoms with van der Waals surface area (Å²) >= 11 is 0. The lowest BCUT2D eigenvalue weighted by Crippen LogP contribution is -2.56. The van der Waals surface area contributed by atoms with E-state index in [1.54, 1.807) is 4.68 Å². The number of rotatable bonds is 5. The van der Waals surface area contributed by atoms with Crippen molar-refractivity contribution in [2.45, 2.75) is 71.4 Å². The van der Waals surface area contributed by atoms with Crippen molar-refractivity contribution in [2.24, 2.45) is 5.92 Å². The van der Waals surface area contributed by atoms with E-state index in [4.69, 9.17) is 4.74 Å². The molecule has 10 heteroatoms. The Bertz CT molecular complexity index is 1010. The van der Waals surface area contributed by atoms with E-state index in [0.29, 0.717) is 26.2 Å². The molecule has 166 valence electrons. The summed E-state index contributed by atoms with van der Waals surface area (Å²) in [5.41, 5.74) is 3.13. The highest BCUT2D eigenvalue weighted by Crippen LogP contribution is 2.33. The van der Waals surface area contributed by atoms with Gasteiger partial charge in [0.2, 0.25) is 11.8 Å². The van der Waals surface area contributed by atoms with E-state index in [1.807, 2.05) is 29.5 Å². The van der Waals surface area contributed by atoms with Gasteiger partial charge < -0.3 is 15.0 Å². The number of aryl methyl sites for hydroxylation is 2. The maximum atomic E-state index is 12.9. The summed E-state index contributed by atoms with van der Waals surface area (Å²) in [5.74, 6) is 0.326. The molecule has 1 unspecified atom stereocenters. The van der Waals surface area contributed by atoms with Gasteiger partial charge in [-0.3, -0.25) is 14.3 Å². The van der Waals surface area contributed by atoms with Crippen LogP contribution in [0.25, 0.3) is 0 Å². The van der Waals surface area contributed by atoms with Gasteiger partial charge in [-0.1, -0.05) is 5.21 Å². The maximum absolute atomic E-state index is 12.9. The summed E-state index contributed by atoms with van der Waals surface area (Å²) in [4.78, 5) is 26.8. The molecule has 3 aliphatic rings. The van der Waals surface area contributed by atoms with Crippen LogP contribution in [0.5, 0.6) is 0 Å². The Hall–Kier alpha value is -2.75. The zero-order chi connectivity index (χ0) is 21.6. The lowest BCUT2D eigenvalue weighted by molar-refractivity contribution is -0.153. The number of hydrogen-bond acceptors (Lipinski definition) is 6. The topological polar surface area (TPSA) is 107 Å². The number of likely N-dealkylation sites (tertiary alicyclic amines) is 1. The van der Waals surface area contributed by atoms with Gasteiger partial charge in [0.05, 0.1) is 37.6 Å². The second kappa shape index (κ2) is 7.74. The molecule has 4 heterocycles. The molecule has 0 radical (unpaired) electrons. The number of nitrogens with zero attached hydrogens (tertiary/aromatic N) is 6. The van der Waals surface area contributed by atoms with Crippen LogP contribution in [0.2, 0.25) is 0 Å². The number of ether oxygens (including phenoxy) is 1. The highest BCUT2D eigenvalue weighted by atomic mass is 16.5. The van der Waals surface area contributed by atoms with Crippen LogP contribution in [0.15, 0.2) is 6.07 Å². The minimum absolute atomic E-state index is 0.0572. The zero-order valence-corrected chi connectivity index (χ0v) is 18.1. The Morgan fingerprint density at radius 3 is 2.87 bits per heavy atom. The normalized spacial score (nSPS) is 23.1. The smallest absolute Gasteiger partial charge is 0.244 e. The number of aromatic nitrogens is 5. The van der Waals surface area contributed by atoms with Gasteiger partial charge >= 0.3 is 0 Å². The standard InChI is InChI=1S/C21H29N7O3/c1-14-8-15(2)27(24-14)10-19(29)26-7-3-6-21(12-26)13-28-18(11-31-21)17(23-25-28)9-22-20(30)16-4-5-16/h8,16H,3-7,9-13H2,1-2H3,(H,22,30). The Balaban J connectivity index is 1.23. The molecule has 1 saturated heterocycles. The van der Waals surface area contributed by atoms with Gasteiger partial charge in [0.15, 0.2) is 0 Å². The third kappa shape index (κ3) is 4.08. The molecule has 2 aromatic rings. The molecular formula is C21H29N7O3. The van der Waals surface area contributed by atoms with Crippen LogP contribution in [0.1, 0.15) is 48.5 Å². The number of amides is 2. The van der Waals surface area contributed by atoms with E-state index in [2.05, 4.69) is 20.7 Å². The summed E-state index contributed by atoms with van der Waals surface area (Å²) in [6, 6.07) is 1.98. The van der Waals surface area contributed by atoms with E-state index < -0.39 is 5.60 Å². The quantitative estimate of drug-likeness (QED) is 0.753. The molecule has 1 saturated carbocycles. The zero-order valence-electron chi connectivity index (χ0n) is 18.1. The molecule has 1 spiro atoms. The van der Waals surface area contributed by atoms with Gasteiger partial charge in [0.1, 0.15) is 17.8 Å². The first-order valence-corrected chi connectivity index (χ1v) is 11.0. The largest absolute Gasteiger partial charge is 0.365 e. The summed E-state index contributed by atoms with van der Waals surface area (Å²) < 4.78 is 9.98. The maximum Gasteiger partial charge on any atom is 0.244 e. The van der Waals surface area contributed by atoms with Crippen molar-refractivity contribution in [2.75, 3.05) is 13.1 Å². The molecule has 0 bridgehead atoms. The average Bonchev–Trinajstić information content (AvgIpc) is 3.45. The minimum Gasteiger partial charge on any atom is -0.365 e. The van der Waals surface area contributed by atoms with E-state index in [-0.39, 0.29) is 24.3 Å². The minimum atomic E-state index is -0.446. The number of nitrogens with one attached hydrogen (secondary N) is 1. The van der Waals surface area contributed by atoms with Crippen molar-refractivity contribution >= 4 is 11.8 Å². The molecule has 2 fully saturated rings. The molecule has 1 atom stereocenters. The first-order chi connectivity index (χ1) is 14.9. The third-order valence-corrected chi connectivity index (χ3v) is 6.53. The van der Waals surface area contributed by atoms with Crippen LogP contribution < -0.4 is 5.32 Å². The monoisotopic (exact) mass is 427 g/mol. The van der Waals surface area contributed by atoms with Crippen molar-refractivity contribution in [3.63, 3.8) is 0 Å². The van der Waals surface area contributed by atoms with Crippen LogP contribution >= 0.6 is 0 Å². The highest BCUT2D eigenvalue weighted by molar-refractivity contribution is 5.80. The van der Waals surface area contributed by atoms with Crippen LogP contribution in [-0.2, 0) is 40.6 Å². The van der Waals surface area contributed by atoms with Crippen LogP contribution in [0, 0.1) is 19.8 Å². The number of carbonyl (C=O) groups excluding carboxylic acids is 2. The SMILES string of the molecule is Cc1cc(C)n(CC(=O)N2CCCC3(C2)Cn2nnc(CNC(=O)C4CC4)c2CO3)n1. The van der Waals surface area contributed by atoms with E-state index >= 15 is 0 Å². The first-order valence-electron chi connectivity index (χ1n) is 11.0. The van der Waals surface area contributed by atoms with E-state index in [0.717, 1.165) is 55.0 Å². The number of hydrogen-bond donors (Lipinski definition) is 1. The Morgan fingerprint density at radius 2 is 2.13 bits per heavy atom. The van der Waals surface area contributed by atoms with Gasteiger partial charge in [-0.2, -0.15) is 5.10 Å². The number of carbonyl (C=O) groups is 2. The van der Waals surface area contributed by atoms with Gasteiger partial charge in [0.25, 0.3) is 0 Å². The van der Waals surface area contributed by atoms with Crippen molar-refractivity contribution < 1.29 is 14.3 Å². The predicted molar refractivity (Wildman–Crippen MR) is 110 cm³/mol. The summed E-state index contributed by atoms with van der Waals surface area (Å²) in [5, 5.41) is 15.9. The Morgan fingerprint density at radius 1 is 1.29 bits per heavy atom. The molecule has 2 aliphatic heterocycles. The highest BCUT2D eigenvalue weighted by Gasteiger charge is 2.42.